The smallest absolute Gasteiger partial charge is 0.310 e. The maximum absolute atomic E-state index is 11.1. The summed E-state index contributed by atoms with van der Waals surface area (Å²) in [5.74, 6) is 0.653. The zero-order chi connectivity index (χ0) is 11.4. The first-order chi connectivity index (χ1) is 7.04. The predicted octanol–water partition coefficient (Wildman–Crippen LogP) is 3.78. The van der Waals surface area contributed by atoms with Crippen molar-refractivity contribution in [3.05, 3.63) is 28.8 Å². The van der Waals surface area contributed by atoms with Crippen LogP contribution in [0.4, 0.5) is 0 Å². The molecule has 0 aliphatic rings. The van der Waals surface area contributed by atoms with Crippen LogP contribution in [0.2, 0.25) is 5.02 Å². The summed E-state index contributed by atoms with van der Waals surface area (Å²) in [5, 5.41) is 0.710. The molecule has 0 unspecified atom stereocenters. The van der Waals surface area contributed by atoms with E-state index >= 15 is 0 Å². The van der Waals surface area contributed by atoms with Gasteiger partial charge in [0.15, 0.2) is 0 Å². The van der Waals surface area contributed by atoms with E-state index in [0.29, 0.717) is 23.1 Å². The van der Waals surface area contributed by atoms with Gasteiger partial charge in [0.05, 0.1) is 0 Å². The molecule has 0 fully saturated rings. The zero-order valence-electron chi connectivity index (χ0n) is 9.21. The Kier molecular flexibility index (Phi) is 4.15. The first kappa shape index (κ1) is 12.1. The van der Waals surface area contributed by atoms with Crippen molar-refractivity contribution >= 4 is 17.6 Å². The predicted molar refractivity (Wildman–Crippen MR) is 61.5 cm³/mol. The first-order valence-corrected chi connectivity index (χ1v) is 5.42. The number of rotatable bonds is 3. The van der Waals surface area contributed by atoms with Crippen molar-refractivity contribution < 1.29 is 9.53 Å². The Morgan fingerprint density at radius 3 is 2.67 bits per heavy atom. The van der Waals surface area contributed by atoms with Crippen molar-refractivity contribution in [2.24, 2.45) is 0 Å². The van der Waals surface area contributed by atoms with E-state index in [1.54, 1.807) is 19.1 Å². The quantitative estimate of drug-likeness (QED) is 0.579. The van der Waals surface area contributed by atoms with Crippen molar-refractivity contribution in [1.29, 1.82) is 0 Å². The van der Waals surface area contributed by atoms with E-state index < -0.39 is 0 Å². The third-order valence-corrected chi connectivity index (χ3v) is 2.45. The Bertz CT molecular complexity index is 359. The van der Waals surface area contributed by atoms with Gasteiger partial charge in [0, 0.05) is 11.4 Å². The minimum atomic E-state index is -0.230. The highest BCUT2D eigenvalue weighted by atomic mass is 35.5. The maximum Gasteiger partial charge on any atom is 0.310 e. The Labute approximate surface area is 95.2 Å². The second-order valence-corrected chi connectivity index (χ2v) is 4.07. The Hall–Kier alpha value is -1.02. The average Bonchev–Trinajstić information content (AvgIpc) is 2.20. The summed E-state index contributed by atoms with van der Waals surface area (Å²) in [6, 6.07) is 5.29. The highest BCUT2D eigenvalue weighted by Gasteiger charge is 2.08. The van der Waals surface area contributed by atoms with Gasteiger partial charge in [-0.05, 0) is 29.7 Å². The van der Waals surface area contributed by atoms with Crippen molar-refractivity contribution in [3.8, 4) is 5.75 Å². The number of ether oxygens (including phenoxy) is 1. The fourth-order valence-corrected chi connectivity index (χ4v) is 1.57. The van der Waals surface area contributed by atoms with Gasteiger partial charge >= 0.3 is 5.97 Å². The van der Waals surface area contributed by atoms with E-state index in [4.69, 9.17) is 16.3 Å². The van der Waals surface area contributed by atoms with E-state index in [2.05, 4.69) is 0 Å². The topological polar surface area (TPSA) is 26.3 Å². The standard InChI is InChI=1S/C12H15ClO2/c1-4-12(14)15-9-5-6-11(13)10(7-9)8(2)3/h5-8H,4H2,1-3H3. The van der Waals surface area contributed by atoms with Crippen LogP contribution >= 0.6 is 11.6 Å². The van der Waals surface area contributed by atoms with Gasteiger partial charge in [-0.3, -0.25) is 4.79 Å². The number of carbonyl (C=O) groups excluding carboxylic acids is 1. The lowest BCUT2D eigenvalue weighted by Crippen LogP contribution is -2.05. The summed E-state index contributed by atoms with van der Waals surface area (Å²) >= 11 is 6.02. The SMILES string of the molecule is CCC(=O)Oc1ccc(Cl)c(C(C)C)c1. The molecule has 0 spiro atoms. The number of esters is 1. The zero-order valence-corrected chi connectivity index (χ0v) is 9.97. The van der Waals surface area contributed by atoms with E-state index in [-0.39, 0.29) is 5.97 Å². The van der Waals surface area contributed by atoms with Gasteiger partial charge < -0.3 is 4.74 Å². The lowest BCUT2D eigenvalue weighted by atomic mass is 10.0. The van der Waals surface area contributed by atoms with Gasteiger partial charge in [-0.25, -0.2) is 0 Å². The second-order valence-electron chi connectivity index (χ2n) is 3.67. The Morgan fingerprint density at radius 1 is 1.47 bits per heavy atom. The van der Waals surface area contributed by atoms with Crippen LogP contribution in [0.5, 0.6) is 5.75 Å². The molecule has 0 N–H and O–H groups in total. The molecule has 82 valence electrons. The molecule has 0 aliphatic carbocycles. The second kappa shape index (κ2) is 5.17. The molecule has 1 aromatic carbocycles. The molecule has 0 bridgehead atoms. The van der Waals surface area contributed by atoms with Crippen molar-refractivity contribution in [2.45, 2.75) is 33.1 Å². The summed E-state index contributed by atoms with van der Waals surface area (Å²) in [7, 11) is 0. The summed E-state index contributed by atoms with van der Waals surface area (Å²) in [5.41, 5.74) is 0.998. The van der Waals surface area contributed by atoms with Crippen LogP contribution < -0.4 is 4.74 Å². The van der Waals surface area contributed by atoms with Crippen LogP contribution in [0.15, 0.2) is 18.2 Å². The molecule has 15 heavy (non-hydrogen) atoms. The molecular formula is C12H15ClO2. The third kappa shape index (κ3) is 3.24. The molecule has 0 atom stereocenters. The molecule has 1 rings (SSSR count). The Morgan fingerprint density at radius 2 is 2.13 bits per heavy atom. The van der Waals surface area contributed by atoms with E-state index in [9.17, 15) is 4.79 Å². The molecule has 3 heteroatoms. The van der Waals surface area contributed by atoms with Gasteiger partial charge in [-0.15, -0.1) is 0 Å². The van der Waals surface area contributed by atoms with Gasteiger partial charge in [0.2, 0.25) is 0 Å². The number of benzene rings is 1. The molecule has 0 saturated heterocycles. The molecule has 0 aliphatic heterocycles. The van der Waals surface area contributed by atoms with Crippen molar-refractivity contribution in [3.63, 3.8) is 0 Å². The number of hydrogen-bond acceptors (Lipinski definition) is 2. The molecule has 0 aromatic heterocycles. The van der Waals surface area contributed by atoms with Gasteiger partial charge in [-0.1, -0.05) is 32.4 Å². The van der Waals surface area contributed by atoms with Crippen LogP contribution in [0.1, 0.15) is 38.7 Å². The molecule has 0 amide bonds. The van der Waals surface area contributed by atoms with Crippen molar-refractivity contribution in [2.75, 3.05) is 0 Å². The number of carbonyl (C=O) groups is 1. The Balaban J connectivity index is 2.92. The van der Waals surface area contributed by atoms with Gasteiger partial charge in [0.25, 0.3) is 0 Å². The molecular weight excluding hydrogens is 212 g/mol. The van der Waals surface area contributed by atoms with E-state index in [0.717, 1.165) is 5.56 Å². The van der Waals surface area contributed by atoms with Crippen LogP contribution in [0, 0.1) is 0 Å². The van der Waals surface area contributed by atoms with Gasteiger partial charge in [-0.2, -0.15) is 0 Å². The highest BCUT2D eigenvalue weighted by Crippen LogP contribution is 2.28. The summed E-state index contributed by atoms with van der Waals surface area (Å²) in [6.45, 7) is 5.86. The maximum atomic E-state index is 11.1. The largest absolute Gasteiger partial charge is 0.427 e. The molecule has 1 aromatic rings. The minimum Gasteiger partial charge on any atom is -0.427 e. The average molecular weight is 227 g/mol. The molecule has 2 nitrogen and oxygen atoms in total. The minimum absolute atomic E-state index is 0.230. The first-order valence-electron chi connectivity index (χ1n) is 5.04. The molecule has 0 saturated carbocycles. The third-order valence-electron chi connectivity index (χ3n) is 2.11. The summed E-state index contributed by atoms with van der Waals surface area (Å²) in [4.78, 5) is 11.1. The van der Waals surface area contributed by atoms with E-state index in [1.165, 1.54) is 0 Å². The number of hydrogen-bond donors (Lipinski definition) is 0. The fraction of sp³-hybridized carbons (Fsp3) is 0.417. The molecule has 0 radical (unpaired) electrons. The van der Waals surface area contributed by atoms with Crippen LogP contribution in [-0.4, -0.2) is 5.97 Å². The summed E-state index contributed by atoms with van der Waals surface area (Å²) in [6.07, 6.45) is 0.375. The normalized spacial score (nSPS) is 10.5. The van der Waals surface area contributed by atoms with E-state index in [1.807, 2.05) is 19.9 Å². The number of halogens is 1. The highest BCUT2D eigenvalue weighted by molar-refractivity contribution is 6.31. The fourth-order valence-electron chi connectivity index (χ4n) is 1.23. The van der Waals surface area contributed by atoms with Crippen molar-refractivity contribution in [1.82, 2.24) is 0 Å². The van der Waals surface area contributed by atoms with Crippen LogP contribution in [0.25, 0.3) is 0 Å². The molecule has 0 heterocycles. The van der Waals surface area contributed by atoms with Crippen LogP contribution in [-0.2, 0) is 4.79 Å². The van der Waals surface area contributed by atoms with Crippen LogP contribution in [0.3, 0.4) is 0 Å². The van der Waals surface area contributed by atoms with Gasteiger partial charge in [0.1, 0.15) is 5.75 Å². The lowest BCUT2D eigenvalue weighted by molar-refractivity contribution is -0.134. The summed E-state index contributed by atoms with van der Waals surface area (Å²) < 4.78 is 5.11. The monoisotopic (exact) mass is 226 g/mol. The lowest BCUT2D eigenvalue weighted by Gasteiger charge is -2.10.